The van der Waals surface area contributed by atoms with E-state index >= 15 is 0 Å². The van der Waals surface area contributed by atoms with Crippen molar-refractivity contribution in [1.29, 1.82) is 0 Å². The topological polar surface area (TPSA) is 9.23 Å². The molecule has 102 valence electrons. The van der Waals surface area contributed by atoms with Crippen molar-refractivity contribution in [2.45, 2.75) is 12.8 Å². The van der Waals surface area contributed by atoms with Crippen LogP contribution in [-0.2, 0) is 0 Å². The SMILES string of the molecule is Cc1ccc2c(c1)[C@H](c1ccccc1)c1ccccc1O2. The Kier molecular flexibility index (Phi) is 2.78. The summed E-state index contributed by atoms with van der Waals surface area (Å²) in [5.41, 5.74) is 5.06. The quantitative estimate of drug-likeness (QED) is 0.458. The van der Waals surface area contributed by atoms with Crippen molar-refractivity contribution in [1.82, 2.24) is 0 Å². The van der Waals surface area contributed by atoms with Crippen LogP contribution in [0, 0.1) is 6.92 Å². The Morgan fingerprint density at radius 3 is 2.29 bits per heavy atom. The molecular formula is C20H16O. The fraction of sp³-hybridized carbons (Fsp3) is 0.100. The number of benzene rings is 3. The molecule has 3 aromatic carbocycles. The van der Waals surface area contributed by atoms with E-state index in [1.54, 1.807) is 0 Å². The highest BCUT2D eigenvalue weighted by Gasteiger charge is 2.28. The molecule has 4 rings (SSSR count). The maximum atomic E-state index is 6.08. The number of hydrogen-bond acceptors (Lipinski definition) is 1. The predicted octanol–water partition coefficient (Wildman–Crippen LogP) is 5.28. The summed E-state index contributed by atoms with van der Waals surface area (Å²) in [7, 11) is 0. The van der Waals surface area contributed by atoms with Crippen LogP contribution in [0.1, 0.15) is 28.2 Å². The zero-order chi connectivity index (χ0) is 14.2. The van der Waals surface area contributed by atoms with Crippen LogP contribution in [0.4, 0.5) is 0 Å². The number of aryl methyl sites for hydroxylation is 1. The van der Waals surface area contributed by atoms with Crippen molar-refractivity contribution in [2.24, 2.45) is 0 Å². The van der Waals surface area contributed by atoms with E-state index in [-0.39, 0.29) is 5.92 Å². The lowest BCUT2D eigenvalue weighted by molar-refractivity contribution is 0.452. The molecule has 0 bridgehead atoms. The van der Waals surface area contributed by atoms with E-state index in [1.165, 1.54) is 22.3 Å². The number of fused-ring (bicyclic) bond motifs is 2. The van der Waals surface area contributed by atoms with Gasteiger partial charge in [0, 0.05) is 17.0 Å². The Labute approximate surface area is 124 Å². The van der Waals surface area contributed by atoms with Crippen LogP contribution in [0.5, 0.6) is 11.5 Å². The smallest absolute Gasteiger partial charge is 0.131 e. The third-order valence-electron chi connectivity index (χ3n) is 4.06. The zero-order valence-corrected chi connectivity index (χ0v) is 11.9. The molecule has 0 fully saturated rings. The molecule has 0 N–H and O–H groups in total. The first-order chi connectivity index (χ1) is 10.3. The average molecular weight is 272 g/mol. The number of ether oxygens (including phenoxy) is 1. The van der Waals surface area contributed by atoms with E-state index in [9.17, 15) is 0 Å². The van der Waals surface area contributed by atoms with Gasteiger partial charge in [-0.3, -0.25) is 0 Å². The largest absolute Gasteiger partial charge is 0.457 e. The van der Waals surface area contributed by atoms with Gasteiger partial charge in [-0.2, -0.15) is 0 Å². The average Bonchev–Trinajstić information content (AvgIpc) is 2.53. The molecule has 0 saturated heterocycles. The highest BCUT2D eigenvalue weighted by molar-refractivity contribution is 5.58. The second-order valence-corrected chi connectivity index (χ2v) is 5.52. The van der Waals surface area contributed by atoms with E-state index in [2.05, 4.69) is 67.6 Å². The molecule has 3 aromatic rings. The molecule has 0 radical (unpaired) electrons. The van der Waals surface area contributed by atoms with Crippen LogP contribution in [0.3, 0.4) is 0 Å². The van der Waals surface area contributed by atoms with Crippen LogP contribution in [0.15, 0.2) is 72.8 Å². The van der Waals surface area contributed by atoms with Crippen LogP contribution in [-0.4, -0.2) is 0 Å². The summed E-state index contributed by atoms with van der Waals surface area (Å²) in [6.45, 7) is 2.13. The molecular weight excluding hydrogens is 256 g/mol. The molecule has 0 unspecified atom stereocenters. The van der Waals surface area contributed by atoms with E-state index in [1.807, 2.05) is 12.1 Å². The molecule has 1 atom stereocenters. The molecule has 0 amide bonds. The molecule has 1 heterocycles. The highest BCUT2D eigenvalue weighted by atomic mass is 16.5. The monoisotopic (exact) mass is 272 g/mol. The van der Waals surface area contributed by atoms with Crippen LogP contribution in [0.2, 0.25) is 0 Å². The van der Waals surface area contributed by atoms with Crippen LogP contribution < -0.4 is 4.74 Å². The predicted molar refractivity (Wildman–Crippen MR) is 85.1 cm³/mol. The molecule has 0 saturated carbocycles. The van der Waals surface area contributed by atoms with Gasteiger partial charge in [-0.25, -0.2) is 0 Å². The molecule has 0 aromatic heterocycles. The van der Waals surface area contributed by atoms with Gasteiger partial charge in [-0.15, -0.1) is 0 Å². The second kappa shape index (κ2) is 4.78. The number of para-hydroxylation sites is 1. The zero-order valence-electron chi connectivity index (χ0n) is 11.9. The summed E-state index contributed by atoms with van der Waals surface area (Å²) in [6, 6.07) is 25.4. The first kappa shape index (κ1) is 12.2. The fourth-order valence-electron chi connectivity index (χ4n) is 3.09. The van der Waals surface area contributed by atoms with Gasteiger partial charge < -0.3 is 4.74 Å². The van der Waals surface area contributed by atoms with Crippen molar-refractivity contribution in [3.8, 4) is 11.5 Å². The summed E-state index contributed by atoms with van der Waals surface area (Å²) >= 11 is 0. The standard InChI is InChI=1S/C20H16O/c1-14-11-12-19-17(13-14)20(15-7-3-2-4-8-15)16-9-5-6-10-18(16)21-19/h2-13,20H,1H3/t20-/m1/s1. The van der Waals surface area contributed by atoms with E-state index < -0.39 is 0 Å². The lowest BCUT2D eigenvalue weighted by Gasteiger charge is -2.29. The highest BCUT2D eigenvalue weighted by Crippen LogP contribution is 2.47. The van der Waals surface area contributed by atoms with E-state index in [0.717, 1.165) is 11.5 Å². The van der Waals surface area contributed by atoms with Crippen LogP contribution >= 0.6 is 0 Å². The molecule has 1 aliphatic heterocycles. The Balaban J connectivity index is 1.98. The lowest BCUT2D eigenvalue weighted by atomic mass is 9.82. The van der Waals surface area contributed by atoms with Crippen molar-refractivity contribution in [3.63, 3.8) is 0 Å². The molecule has 1 nitrogen and oxygen atoms in total. The van der Waals surface area contributed by atoms with Gasteiger partial charge in [0.25, 0.3) is 0 Å². The van der Waals surface area contributed by atoms with Gasteiger partial charge in [-0.1, -0.05) is 66.2 Å². The number of hydrogen-bond donors (Lipinski definition) is 0. The van der Waals surface area contributed by atoms with Gasteiger partial charge >= 0.3 is 0 Å². The summed E-state index contributed by atoms with van der Waals surface area (Å²) < 4.78 is 6.08. The number of rotatable bonds is 1. The molecule has 1 aliphatic rings. The summed E-state index contributed by atoms with van der Waals surface area (Å²) in [5.74, 6) is 2.17. The maximum absolute atomic E-state index is 6.08. The summed E-state index contributed by atoms with van der Waals surface area (Å²) in [4.78, 5) is 0. The van der Waals surface area contributed by atoms with Gasteiger partial charge in [0.2, 0.25) is 0 Å². The molecule has 1 heteroatoms. The maximum Gasteiger partial charge on any atom is 0.131 e. The Morgan fingerprint density at radius 2 is 1.43 bits per heavy atom. The first-order valence-corrected chi connectivity index (χ1v) is 7.25. The molecule has 21 heavy (non-hydrogen) atoms. The summed E-state index contributed by atoms with van der Waals surface area (Å²) in [6.07, 6.45) is 0. The summed E-state index contributed by atoms with van der Waals surface area (Å²) in [5, 5.41) is 0. The van der Waals surface area contributed by atoms with Gasteiger partial charge in [0.15, 0.2) is 0 Å². The Bertz CT molecular complexity index is 790. The molecule has 0 aliphatic carbocycles. The third kappa shape index (κ3) is 2.02. The van der Waals surface area contributed by atoms with Gasteiger partial charge in [0.1, 0.15) is 11.5 Å². The van der Waals surface area contributed by atoms with Gasteiger partial charge in [0.05, 0.1) is 0 Å². The first-order valence-electron chi connectivity index (χ1n) is 7.25. The van der Waals surface area contributed by atoms with E-state index in [4.69, 9.17) is 4.74 Å². The minimum absolute atomic E-state index is 0.242. The Hall–Kier alpha value is -2.54. The van der Waals surface area contributed by atoms with Crippen molar-refractivity contribution in [2.75, 3.05) is 0 Å². The van der Waals surface area contributed by atoms with Crippen molar-refractivity contribution in [3.05, 3.63) is 95.1 Å². The fourth-order valence-corrected chi connectivity index (χ4v) is 3.09. The van der Waals surface area contributed by atoms with Crippen molar-refractivity contribution < 1.29 is 4.74 Å². The van der Waals surface area contributed by atoms with Crippen molar-refractivity contribution >= 4 is 0 Å². The van der Waals surface area contributed by atoms with Gasteiger partial charge in [-0.05, 0) is 24.6 Å². The Morgan fingerprint density at radius 1 is 0.714 bits per heavy atom. The van der Waals surface area contributed by atoms with Crippen LogP contribution in [0.25, 0.3) is 0 Å². The minimum Gasteiger partial charge on any atom is -0.457 e. The lowest BCUT2D eigenvalue weighted by Crippen LogP contribution is -2.11. The minimum atomic E-state index is 0.242. The second-order valence-electron chi connectivity index (χ2n) is 5.52. The third-order valence-corrected chi connectivity index (χ3v) is 4.06. The normalized spacial score (nSPS) is 15.8. The molecule has 0 spiro atoms. The van der Waals surface area contributed by atoms with E-state index in [0.29, 0.717) is 0 Å².